The van der Waals surface area contributed by atoms with E-state index in [1.807, 2.05) is 0 Å². The number of aromatic nitrogens is 1. The molecule has 2 N–H and O–H groups in total. The molecule has 0 spiro atoms. The van der Waals surface area contributed by atoms with Crippen LogP contribution in [0.5, 0.6) is 5.75 Å². The number of H-pyrrole nitrogens is 1. The lowest BCUT2D eigenvalue weighted by molar-refractivity contribution is -0.140. The van der Waals surface area contributed by atoms with Gasteiger partial charge in [-0.3, -0.25) is 9.59 Å². The third kappa shape index (κ3) is 4.13. The highest BCUT2D eigenvalue weighted by Gasteiger charge is 2.12. The van der Waals surface area contributed by atoms with Crippen molar-refractivity contribution in [3.8, 4) is 5.75 Å². The van der Waals surface area contributed by atoms with Crippen molar-refractivity contribution in [2.75, 3.05) is 13.7 Å². The second kappa shape index (κ2) is 6.58. The molecule has 0 atom stereocenters. The van der Waals surface area contributed by atoms with Crippen LogP contribution in [0.4, 0.5) is 0 Å². The van der Waals surface area contributed by atoms with Crippen molar-refractivity contribution in [1.82, 2.24) is 4.98 Å². The molecule has 104 valence electrons. The van der Waals surface area contributed by atoms with Gasteiger partial charge in [0.15, 0.2) is 5.75 Å². The number of esters is 1. The number of carboxylic acids is 1. The summed E-state index contributed by atoms with van der Waals surface area (Å²) in [6.45, 7) is 1.62. The van der Waals surface area contributed by atoms with E-state index >= 15 is 0 Å². The molecule has 0 fully saturated rings. The standard InChI is InChI=1S/C12H15NO6/c1-7-8(12(16)17)6-9(11(15)13-7)19-5-3-4-10(14)18-2/h6H,3-5H2,1-2H3,(H,13,15)(H,16,17). The molecular weight excluding hydrogens is 254 g/mol. The molecular formula is C12H15NO6. The minimum atomic E-state index is -1.15. The van der Waals surface area contributed by atoms with E-state index in [1.54, 1.807) is 0 Å². The van der Waals surface area contributed by atoms with Crippen molar-refractivity contribution < 1.29 is 24.2 Å². The lowest BCUT2D eigenvalue weighted by Crippen LogP contribution is -2.16. The fourth-order valence-electron chi connectivity index (χ4n) is 1.43. The van der Waals surface area contributed by atoms with E-state index < -0.39 is 11.5 Å². The summed E-state index contributed by atoms with van der Waals surface area (Å²) in [5.41, 5.74) is -0.262. The highest BCUT2D eigenvalue weighted by Crippen LogP contribution is 2.11. The Morgan fingerprint density at radius 2 is 2.11 bits per heavy atom. The lowest BCUT2D eigenvalue weighted by Gasteiger charge is -2.07. The van der Waals surface area contributed by atoms with Crippen molar-refractivity contribution in [2.45, 2.75) is 19.8 Å². The van der Waals surface area contributed by atoms with Gasteiger partial charge in [0.25, 0.3) is 5.56 Å². The van der Waals surface area contributed by atoms with E-state index in [4.69, 9.17) is 9.84 Å². The Kier molecular flexibility index (Phi) is 5.11. The number of carbonyl (C=O) groups is 2. The summed E-state index contributed by atoms with van der Waals surface area (Å²) in [7, 11) is 1.28. The molecule has 1 rings (SSSR count). The van der Waals surface area contributed by atoms with Gasteiger partial charge in [0, 0.05) is 18.2 Å². The Morgan fingerprint density at radius 1 is 1.42 bits per heavy atom. The second-order valence-corrected chi connectivity index (χ2v) is 3.83. The van der Waals surface area contributed by atoms with Crippen molar-refractivity contribution >= 4 is 11.9 Å². The number of hydrogen-bond acceptors (Lipinski definition) is 5. The number of aromatic carboxylic acids is 1. The maximum atomic E-state index is 11.5. The summed E-state index contributed by atoms with van der Waals surface area (Å²) >= 11 is 0. The molecule has 7 nitrogen and oxygen atoms in total. The number of ether oxygens (including phenoxy) is 2. The number of methoxy groups -OCH3 is 1. The molecule has 0 unspecified atom stereocenters. The number of carboxylic acid groups (broad SMARTS) is 1. The number of nitrogens with one attached hydrogen (secondary N) is 1. The normalized spacial score (nSPS) is 10.0. The third-order valence-corrected chi connectivity index (χ3v) is 2.45. The smallest absolute Gasteiger partial charge is 0.337 e. The zero-order valence-corrected chi connectivity index (χ0v) is 10.7. The molecule has 0 aliphatic heterocycles. The number of hydrogen-bond donors (Lipinski definition) is 2. The molecule has 0 aromatic carbocycles. The fraction of sp³-hybridized carbons (Fsp3) is 0.417. The minimum absolute atomic E-state index is 0.0254. The second-order valence-electron chi connectivity index (χ2n) is 3.83. The van der Waals surface area contributed by atoms with Crippen LogP contribution < -0.4 is 10.3 Å². The van der Waals surface area contributed by atoms with Crippen LogP contribution in [0.2, 0.25) is 0 Å². The first kappa shape index (κ1) is 14.7. The van der Waals surface area contributed by atoms with Gasteiger partial charge < -0.3 is 19.6 Å². The molecule has 1 heterocycles. The highest BCUT2D eigenvalue weighted by molar-refractivity contribution is 5.89. The number of rotatable bonds is 6. The maximum Gasteiger partial charge on any atom is 0.337 e. The summed E-state index contributed by atoms with van der Waals surface area (Å²) in [6, 6.07) is 1.18. The average Bonchev–Trinajstić information content (AvgIpc) is 2.35. The van der Waals surface area contributed by atoms with Crippen LogP contribution >= 0.6 is 0 Å². The van der Waals surface area contributed by atoms with E-state index in [1.165, 1.54) is 20.1 Å². The van der Waals surface area contributed by atoms with E-state index in [9.17, 15) is 14.4 Å². The summed E-state index contributed by atoms with van der Waals surface area (Å²) in [5.74, 6) is -1.59. The van der Waals surface area contributed by atoms with E-state index in [2.05, 4.69) is 9.72 Å². The van der Waals surface area contributed by atoms with Gasteiger partial charge in [-0.05, 0) is 13.3 Å². The van der Waals surface area contributed by atoms with Crippen molar-refractivity contribution in [2.24, 2.45) is 0 Å². The molecule has 1 aromatic heterocycles. The first-order chi connectivity index (χ1) is 8.95. The molecule has 0 aliphatic carbocycles. The Hall–Kier alpha value is -2.31. The summed E-state index contributed by atoms with van der Waals surface area (Å²) in [6.07, 6.45) is 0.550. The minimum Gasteiger partial charge on any atom is -0.488 e. The van der Waals surface area contributed by atoms with Crippen LogP contribution in [0, 0.1) is 6.92 Å². The lowest BCUT2D eigenvalue weighted by atomic mass is 10.2. The summed E-state index contributed by atoms with van der Waals surface area (Å²) in [4.78, 5) is 35.7. The number of pyridine rings is 1. The SMILES string of the molecule is COC(=O)CCCOc1cc(C(=O)O)c(C)[nH]c1=O. The van der Waals surface area contributed by atoms with Gasteiger partial charge in [0.2, 0.25) is 0 Å². The quantitative estimate of drug-likeness (QED) is 0.582. The van der Waals surface area contributed by atoms with E-state index in [-0.39, 0.29) is 36.0 Å². The van der Waals surface area contributed by atoms with Crippen LogP contribution in [0.25, 0.3) is 0 Å². The van der Waals surface area contributed by atoms with Crippen LogP contribution in [0.1, 0.15) is 28.9 Å². The van der Waals surface area contributed by atoms with Gasteiger partial charge in [-0.1, -0.05) is 0 Å². The molecule has 0 bridgehead atoms. The van der Waals surface area contributed by atoms with Crippen molar-refractivity contribution in [1.29, 1.82) is 0 Å². The van der Waals surface area contributed by atoms with Crippen LogP contribution in [0.3, 0.4) is 0 Å². The van der Waals surface area contributed by atoms with Gasteiger partial charge in [-0.2, -0.15) is 0 Å². The largest absolute Gasteiger partial charge is 0.488 e. The molecule has 1 aromatic rings. The number of carbonyl (C=O) groups excluding carboxylic acids is 1. The Balaban J connectivity index is 2.68. The maximum absolute atomic E-state index is 11.5. The molecule has 0 saturated heterocycles. The zero-order chi connectivity index (χ0) is 14.4. The first-order valence-corrected chi connectivity index (χ1v) is 5.62. The van der Waals surface area contributed by atoms with Gasteiger partial charge >= 0.3 is 11.9 Å². The predicted molar refractivity (Wildman–Crippen MR) is 65.5 cm³/mol. The van der Waals surface area contributed by atoms with Gasteiger partial charge in [-0.15, -0.1) is 0 Å². The van der Waals surface area contributed by atoms with Crippen LogP contribution in [-0.2, 0) is 9.53 Å². The molecule has 0 aliphatic rings. The van der Waals surface area contributed by atoms with Crippen LogP contribution in [0.15, 0.2) is 10.9 Å². The first-order valence-electron chi connectivity index (χ1n) is 5.62. The molecule has 7 heteroatoms. The monoisotopic (exact) mass is 269 g/mol. The Labute approximate surface area is 109 Å². The van der Waals surface area contributed by atoms with Crippen LogP contribution in [-0.4, -0.2) is 35.7 Å². The zero-order valence-electron chi connectivity index (χ0n) is 10.7. The van der Waals surface area contributed by atoms with Crippen molar-refractivity contribution in [3.05, 3.63) is 27.7 Å². The third-order valence-electron chi connectivity index (χ3n) is 2.45. The molecule has 0 amide bonds. The summed E-state index contributed by atoms with van der Waals surface area (Å²) in [5, 5.41) is 8.92. The van der Waals surface area contributed by atoms with Crippen molar-refractivity contribution in [3.63, 3.8) is 0 Å². The fourth-order valence-corrected chi connectivity index (χ4v) is 1.43. The highest BCUT2D eigenvalue weighted by atomic mass is 16.5. The predicted octanol–water partition coefficient (Wildman–Crippen LogP) is 0.714. The van der Waals surface area contributed by atoms with E-state index in [0.717, 1.165) is 0 Å². The molecule has 0 radical (unpaired) electrons. The van der Waals surface area contributed by atoms with Gasteiger partial charge in [0.1, 0.15) is 0 Å². The van der Waals surface area contributed by atoms with Gasteiger partial charge in [-0.25, -0.2) is 4.79 Å². The number of aromatic amines is 1. The van der Waals surface area contributed by atoms with Gasteiger partial charge in [0.05, 0.1) is 19.3 Å². The Morgan fingerprint density at radius 3 is 2.68 bits per heavy atom. The molecule has 0 saturated carbocycles. The summed E-state index contributed by atoms with van der Waals surface area (Å²) < 4.78 is 9.62. The number of aryl methyl sites for hydroxylation is 1. The topological polar surface area (TPSA) is 106 Å². The van der Waals surface area contributed by atoms with E-state index in [0.29, 0.717) is 6.42 Å². The Bertz CT molecular complexity index is 534. The molecule has 19 heavy (non-hydrogen) atoms. The average molecular weight is 269 g/mol.